The molecule has 1 saturated carbocycles. The summed E-state index contributed by atoms with van der Waals surface area (Å²) >= 11 is 0. The molecule has 3 nitrogen and oxygen atoms in total. The third-order valence-electron chi connectivity index (χ3n) is 5.38. The molecule has 20 heavy (non-hydrogen) atoms. The molecule has 0 bridgehead atoms. The van der Waals surface area contributed by atoms with Crippen LogP contribution >= 0.6 is 0 Å². The largest absolute Gasteiger partial charge is 0.377 e. The summed E-state index contributed by atoms with van der Waals surface area (Å²) in [6.07, 6.45) is 4.32. The fourth-order valence-electron chi connectivity index (χ4n) is 4.22. The van der Waals surface area contributed by atoms with Crippen LogP contribution in [0.2, 0.25) is 0 Å². The molecular weight excluding hydrogens is 248 g/mol. The van der Waals surface area contributed by atoms with E-state index in [1.54, 1.807) is 0 Å². The summed E-state index contributed by atoms with van der Waals surface area (Å²) in [4.78, 5) is 2.37. The lowest BCUT2D eigenvalue weighted by molar-refractivity contribution is -0.193. The van der Waals surface area contributed by atoms with E-state index in [9.17, 15) is 0 Å². The summed E-state index contributed by atoms with van der Waals surface area (Å²) in [7, 11) is 4.40. The molecule has 3 heteroatoms. The first-order chi connectivity index (χ1) is 9.34. The van der Waals surface area contributed by atoms with E-state index in [1.807, 2.05) is 0 Å². The zero-order valence-electron chi connectivity index (χ0n) is 14.3. The van der Waals surface area contributed by atoms with Gasteiger partial charge in [-0.3, -0.25) is 0 Å². The highest BCUT2D eigenvalue weighted by Gasteiger charge is 2.57. The van der Waals surface area contributed by atoms with Crippen LogP contribution in [0.1, 0.15) is 47.0 Å². The highest BCUT2D eigenvalue weighted by molar-refractivity contribution is 5.10. The Kier molecular flexibility index (Phi) is 5.14. The molecule has 0 aromatic rings. The molecule has 4 atom stereocenters. The molecule has 0 aromatic heterocycles. The number of nitrogens with one attached hydrogen (secondary N) is 1. The van der Waals surface area contributed by atoms with Crippen LogP contribution in [0.15, 0.2) is 0 Å². The van der Waals surface area contributed by atoms with Crippen LogP contribution in [0, 0.1) is 17.3 Å². The molecule has 1 aliphatic heterocycles. The van der Waals surface area contributed by atoms with Gasteiger partial charge in [0, 0.05) is 36.6 Å². The SMILES string of the molecule is CC(C)CC(CNC1C2CCCOC2C1(C)C)N(C)C. The Morgan fingerprint density at radius 1 is 1.30 bits per heavy atom. The van der Waals surface area contributed by atoms with E-state index < -0.39 is 0 Å². The first-order valence-electron chi connectivity index (χ1n) is 8.35. The average Bonchev–Trinajstić information content (AvgIpc) is 2.37. The molecule has 2 fully saturated rings. The van der Waals surface area contributed by atoms with E-state index in [-0.39, 0.29) is 0 Å². The molecule has 4 unspecified atom stereocenters. The zero-order valence-corrected chi connectivity index (χ0v) is 14.3. The molecule has 0 radical (unpaired) electrons. The van der Waals surface area contributed by atoms with Gasteiger partial charge in [-0.15, -0.1) is 0 Å². The summed E-state index contributed by atoms with van der Waals surface area (Å²) in [6, 6.07) is 1.26. The Labute approximate surface area is 125 Å². The number of hydrogen-bond donors (Lipinski definition) is 1. The minimum Gasteiger partial charge on any atom is -0.377 e. The average molecular weight is 282 g/mol. The maximum absolute atomic E-state index is 5.99. The van der Waals surface area contributed by atoms with Crippen molar-refractivity contribution in [1.29, 1.82) is 0 Å². The maximum atomic E-state index is 5.99. The van der Waals surface area contributed by atoms with Crippen molar-refractivity contribution in [1.82, 2.24) is 10.2 Å². The van der Waals surface area contributed by atoms with E-state index in [0.29, 0.717) is 23.6 Å². The van der Waals surface area contributed by atoms with Gasteiger partial charge in [-0.2, -0.15) is 0 Å². The molecule has 1 heterocycles. The molecule has 0 spiro atoms. The lowest BCUT2D eigenvalue weighted by Gasteiger charge is -2.60. The van der Waals surface area contributed by atoms with Crippen LogP contribution in [0.3, 0.4) is 0 Å². The Balaban J connectivity index is 1.89. The number of ether oxygens (including phenoxy) is 1. The number of likely N-dealkylation sites (N-methyl/N-ethyl adjacent to an activating group) is 1. The molecule has 2 aliphatic rings. The Morgan fingerprint density at radius 3 is 2.60 bits per heavy atom. The molecule has 2 rings (SSSR count). The van der Waals surface area contributed by atoms with Gasteiger partial charge in [-0.25, -0.2) is 0 Å². The number of rotatable bonds is 6. The number of hydrogen-bond acceptors (Lipinski definition) is 3. The Hall–Kier alpha value is -0.120. The van der Waals surface area contributed by atoms with Gasteiger partial charge in [0.2, 0.25) is 0 Å². The second kappa shape index (κ2) is 6.33. The van der Waals surface area contributed by atoms with Gasteiger partial charge in [0.1, 0.15) is 0 Å². The van der Waals surface area contributed by atoms with E-state index >= 15 is 0 Å². The third kappa shape index (κ3) is 3.20. The molecule has 0 aromatic carbocycles. The lowest BCUT2D eigenvalue weighted by Crippen LogP contribution is -2.70. The quantitative estimate of drug-likeness (QED) is 0.811. The number of fused-ring (bicyclic) bond motifs is 1. The maximum Gasteiger partial charge on any atom is 0.0684 e. The Morgan fingerprint density at radius 2 is 2.00 bits per heavy atom. The van der Waals surface area contributed by atoms with Crippen molar-refractivity contribution in [3.05, 3.63) is 0 Å². The molecule has 1 aliphatic carbocycles. The van der Waals surface area contributed by atoms with E-state index in [0.717, 1.165) is 25.0 Å². The predicted molar refractivity (Wildman–Crippen MR) is 85.0 cm³/mol. The summed E-state index contributed by atoms with van der Waals surface area (Å²) in [5.74, 6) is 1.49. The van der Waals surface area contributed by atoms with Crippen LogP contribution < -0.4 is 5.32 Å². The van der Waals surface area contributed by atoms with Crippen molar-refractivity contribution in [2.24, 2.45) is 17.3 Å². The van der Waals surface area contributed by atoms with Crippen LogP contribution in [0.5, 0.6) is 0 Å². The van der Waals surface area contributed by atoms with E-state index in [4.69, 9.17) is 4.74 Å². The monoisotopic (exact) mass is 282 g/mol. The topological polar surface area (TPSA) is 24.5 Å². The predicted octanol–water partition coefficient (Wildman–Crippen LogP) is 2.76. The second-order valence-corrected chi connectivity index (χ2v) is 8.05. The van der Waals surface area contributed by atoms with Gasteiger partial charge >= 0.3 is 0 Å². The molecule has 1 saturated heterocycles. The molecule has 0 amide bonds. The molecule has 118 valence electrons. The van der Waals surface area contributed by atoms with Crippen LogP contribution in [-0.2, 0) is 4.74 Å². The third-order valence-corrected chi connectivity index (χ3v) is 5.38. The van der Waals surface area contributed by atoms with Crippen LogP contribution in [-0.4, -0.2) is 50.3 Å². The fraction of sp³-hybridized carbons (Fsp3) is 1.00. The van der Waals surface area contributed by atoms with Crippen LogP contribution in [0.4, 0.5) is 0 Å². The molecular formula is C17H34N2O. The van der Waals surface area contributed by atoms with Gasteiger partial charge in [0.15, 0.2) is 0 Å². The van der Waals surface area contributed by atoms with E-state index in [2.05, 4.69) is 52.0 Å². The van der Waals surface area contributed by atoms with Crippen molar-refractivity contribution in [3.63, 3.8) is 0 Å². The van der Waals surface area contributed by atoms with Crippen molar-refractivity contribution in [2.45, 2.75) is 65.1 Å². The van der Waals surface area contributed by atoms with Gasteiger partial charge in [-0.05, 0) is 39.3 Å². The number of nitrogens with zero attached hydrogens (tertiary/aromatic N) is 1. The van der Waals surface area contributed by atoms with Gasteiger partial charge in [0.05, 0.1) is 6.10 Å². The fourth-order valence-corrected chi connectivity index (χ4v) is 4.22. The minimum atomic E-state index is 0.291. The standard InChI is InChI=1S/C17H34N2O/c1-12(2)10-13(19(5)6)11-18-15-14-8-7-9-20-16(14)17(15,3)4/h12-16,18H,7-11H2,1-6H3. The molecule has 1 N–H and O–H groups in total. The van der Waals surface area contributed by atoms with Crippen molar-refractivity contribution < 1.29 is 4.74 Å². The summed E-state index contributed by atoms with van der Waals surface area (Å²) < 4.78 is 5.99. The highest BCUT2D eigenvalue weighted by atomic mass is 16.5. The van der Waals surface area contributed by atoms with Crippen molar-refractivity contribution >= 4 is 0 Å². The van der Waals surface area contributed by atoms with Crippen LogP contribution in [0.25, 0.3) is 0 Å². The highest BCUT2D eigenvalue weighted by Crippen LogP contribution is 2.51. The van der Waals surface area contributed by atoms with Crippen molar-refractivity contribution in [2.75, 3.05) is 27.2 Å². The van der Waals surface area contributed by atoms with Gasteiger partial charge < -0.3 is 15.0 Å². The summed E-state index contributed by atoms with van der Waals surface area (Å²) in [5.41, 5.74) is 0.291. The van der Waals surface area contributed by atoms with Gasteiger partial charge in [0.25, 0.3) is 0 Å². The van der Waals surface area contributed by atoms with Gasteiger partial charge in [-0.1, -0.05) is 27.7 Å². The first-order valence-corrected chi connectivity index (χ1v) is 8.35. The normalized spacial score (nSPS) is 33.9. The second-order valence-electron chi connectivity index (χ2n) is 8.05. The minimum absolute atomic E-state index is 0.291. The first kappa shape index (κ1) is 16.3. The Bertz CT molecular complexity index is 314. The smallest absolute Gasteiger partial charge is 0.0684 e. The van der Waals surface area contributed by atoms with Crippen molar-refractivity contribution in [3.8, 4) is 0 Å². The summed E-state index contributed by atoms with van der Waals surface area (Å²) in [5, 5.41) is 3.87. The van der Waals surface area contributed by atoms with E-state index in [1.165, 1.54) is 19.3 Å². The zero-order chi connectivity index (χ0) is 14.9. The summed E-state index contributed by atoms with van der Waals surface area (Å²) in [6.45, 7) is 11.4. The lowest BCUT2D eigenvalue weighted by atomic mass is 9.55.